The van der Waals surface area contributed by atoms with Crippen molar-refractivity contribution < 1.29 is 62.4 Å². The standard InChI is InChI=1S/C23H44BN2O13P/c1-13(28)26-18-20(31)19(30)15(11-27)38-23(18)36-10-5-4-8-17(29)25-9-6-7-14-21(39-40(32,33)35-3)16(12-34-2)37-22(14)24/h14-16,18-23,27,30-31H,4-12,24H2,1-3H3,(H,25,29)(H,26,28)(H,32,33)/t14?,15-,16-,18-,19+,20-,21-,22-,23-/m1/s1. The second-order valence-corrected chi connectivity index (χ2v) is 11.5. The number of rotatable bonds is 17. The van der Waals surface area contributed by atoms with E-state index in [2.05, 4.69) is 15.2 Å². The second kappa shape index (κ2) is 17.1. The zero-order valence-electron chi connectivity index (χ0n) is 23.5. The van der Waals surface area contributed by atoms with E-state index in [-0.39, 0.29) is 37.5 Å². The molecule has 2 aliphatic rings. The predicted octanol–water partition coefficient (Wildman–Crippen LogP) is -2.23. The van der Waals surface area contributed by atoms with Gasteiger partial charge in [-0.1, -0.05) is 0 Å². The molecule has 40 heavy (non-hydrogen) atoms. The molecule has 2 saturated heterocycles. The van der Waals surface area contributed by atoms with Gasteiger partial charge in [0, 0.05) is 52.6 Å². The first-order valence-electron chi connectivity index (χ1n) is 13.4. The zero-order valence-corrected chi connectivity index (χ0v) is 24.4. The van der Waals surface area contributed by atoms with Crippen molar-refractivity contribution in [1.29, 1.82) is 0 Å². The van der Waals surface area contributed by atoms with Gasteiger partial charge in [0.2, 0.25) is 11.8 Å². The summed E-state index contributed by atoms with van der Waals surface area (Å²) in [6.07, 6.45) is -3.71. The van der Waals surface area contributed by atoms with Crippen molar-refractivity contribution in [2.75, 3.05) is 40.6 Å². The topological polar surface area (TPSA) is 212 Å². The molecule has 232 valence electrons. The first kappa shape index (κ1) is 35.0. The van der Waals surface area contributed by atoms with Crippen molar-refractivity contribution in [3.63, 3.8) is 0 Å². The van der Waals surface area contributed by atoms with E-state index in [0.717, 1.165) is 7.11 Å². The number of unbranched alkanes of at least 4 members (excludes halogenated alkanes) is 1. The fraction of sp³-hybridized carbons (Fsp3) is 0.913. The number of hydrogen-bond acceptors (Lipinski definition) is 12. The first-order chi connectivity index (χ1) is 18.9. The molecule has 2 rings (SSSR count). The third kappa shape index (κ3) is 10.6. The Bertz CT molecular complexity index is 843. The van der Waals surface area contributed by atoms with Crippen LogP contribution in [0.15, 0.2) is 0 Å². The molecular formula is C23H44BN2O13P. The van der Waals surface area contributed by atoms with Crippen LogP contribution in [0.4, 0.5) is 0 Å². The van der Waals surface area contributed by atoms with Crippen molar-refractivity contribution in [1.82, 2.24) is 10.6 Å². The normalized spacial score (nSPS) is 33.8. The molecule has 0 saturated carbocycles. The number of phosphoric ester groups is 1. The Morgan fingerprint density at radius 3 is 2.42 bits per heavy atom. The fourth-order valence-corrected chi connectivity index (χ4v) is 5.58. The number of ether oxygens (including phenoxy) is 4. The summed E-state index contributed by atoms with van der Waals surface area (Å²) >= 11 is 0. The Kier molecular flexibility index (Phi) is 15.0. The molecule has 17 heteroatoms. The summed E-state index contributed by atoms with van der Waals surface area (Å²) in [5.74, 6) is -0.786. The smallest absolute Gasteiger partial charge is 0.394 e. The van der Waals surface area contributed by atoms with Crippen molar-refractivity contribution in [3.05, 3.63) is 0 Å². The van der Waals surface area contributed by atoms with E-state index in [1.54, 1.807) is 0 Å². The van der Waals surface area contributed by atoms with Crippen molar-refractivity contribution in [2.24, 2.45) is 5.92 Å². The minimum atomic E-state index is -4.23. The predicted molar refractivity (Wildman–Crippen MR) is 142 cm³/mol. The quantitative estimate of drug-likeness (QED) is 0.0595. The summed E-state index contributed by atoms with van der Waals surface area (Å²) in [7, 11) is 0.227. The van der Waals surface area contributed by atoms with Crippen LogP contribution in [0.2, 0.25) is 0 Å². The first-order valence-corrected chi connectivity index (χ1v) is 14.9. The van der Waals surface area contributed by atoms with Gasteiger partial charge in [0.1, 0.15) is 44.4 Å². The lowest BCUT2D eigenvalue weighted by molar-refractivity contribution is -0.270. The molecule has 2 amide bonds. The Balaban J connectivity index is 1.71. The van der Waals surface area contributed by atoms with E-state index in [1.165, 1.54) is 14.0 Å². The minimum absolute atomic E-state index is 0.149. The Morgan fingerprint density at radius 1 is 1.07 bits per heavy atom. The highest BCUT2D eigenvalue weighted by Crippen LogP contribution is 2.48. The Morgan fingerprint density at radius 2 is 1.80 bits per heavy atom. The van der Waals surface area contributed by atoms with E-state index >= 15 is 0 Å². The van der Waals surface area contributed by atoms with Gasteiger partial charge >= 0.3 is 7.82 Å². The number of hydrogen-bond donors (Lipinski definition) is 6. The van der Waals surface area contributed by atoms with E-state index in [4.69, 9.17) is 23.5 Å². The monoisotopic (exact) mass is 598 g/mol. The molecule has 2 aliphatic heterocycles. The number of aliphatic hydroxyl groups is 3. The fourth-order valence-electron chi connectivity index (χ4n) is 4.89. The summed E-state index contributed by atoms with van der Waals surface area (Å²) < 4.78 is 44.1. The summed E-state index contributed by atoms with van der Waals surface area (Å²) in [6, 6.07) is -1.26. The van der Waals surface area contributed by atoms with Crippen LogP contribution in [0.5, 0.6) is 0 Å². The zero-order chi connectivity index (χ0) is 29.9. The van der Waals surface area contributed by atoms with E-state index in [9.17, 15) is 34.4 Å². The lowest BCUT2D eigenvalue weighted by Crippen LogP contribution is -2.64. The summed E-state index contributed by atoms with van der Waals surface area (Å²) in [4.78, 5) is 33.5. The lowest BCUT2D eigenvalue weighted by atomic mass is 9.82. The van der Waals surface area contributed by atoms with Crippen LogP contribution in [0.1, 0.15) is 39.0 Å². The average molecular weight is 598 g/mol. The van der Waals surface area contributed by atoms with Gasteiger partial charge in [0.15, 0.2) is 6.29 Å². The molecule has 0 aromatic carbocycles. The van der Waals surface area contributed by atoms with Gasteiger partial charge in [-0.2, -0.15) is 0 Å². The number of amides is 2. The molecule has 2 heterocycles. The Hall–Kier alpha value is -1.17. The number of phosphoric acid groups is 1. The van der Waals surface area contributed by atoms with Gasteiger partial charge in [0.25, 0.3) is 0 Å². The van der Waals surface area contributed by atoms with Crippen LogP contribution in [0, 0.1) is 5.92 Å². The molecule has 2 fully saturated rings. The SMILES string of the molecule is B[C@@H]1O[C@H](COC)[C@H](OP(=O)(O)OC)C1CCCNC(=O)CCCCO[C@@H]1O[C@H](CO)[C@H](O)[C@H](O)[C@H]1NC(C)=O. The van der Waals surface area contributed by atoms with Crippen LogP contribution in [-0.4, -0.2) is 129 Å². The van der Waals surface area contributed by atoms with Gasteiger partial charge in [0.05, 0.1) is 13.2 Å². The molecule has 0 spiro atoms. The van der Waals surface area contributed by atoms with Gasteiger partial charge in [-0.25, -0.2) is 4.57 Å². The largest absolute Gasteiger partial charge is 0.472 e. The molecule has 0 aromatic heterocycles. The van der Waals surface area contributed by atoms with Crippen LogP contribution in [0.25, 0.3) is 0 Å². The highest BCUT2D eigenvalue weighted by Gasteiger charge is 2.46. The number of methoxy groups -OCH3 is 1. The van der Waals surface area contributed by atoms with Gasteiger partial charge in [-0.15, -0.1) is 0 Å². The molecule has 15 nitrogen and oxygen atoms in total. The van der Waals surface area contributed by atoms with E-state index < -0.39 is 63.2 Å². The molecule has 2 unspecified atom stereocenters. The number of carbonyl (C=O) groups is 2. The van der Waals surface area contributed by atoms with E-state index in [0.29, 0.717) is 32.2 Å². The highest BCUT2D eigenvalue weighted by molar-refractivity contribution is 7.47. The van der Waals surface area contributed by atoms with Crippen molar-refractivity contribution in [3.8, 4) is 0 Å². The third-order valence-electron chi connectivity index (χ3n) is 6.96. The summed E-state index contributed by atoms with van der Waals surface area (Å²) in [6.45, 7) is 1.48. The minimum Gasteiger partial charge on any atom is -0.394 e. The van der Waals surface area contributed by atoms with Gasteiger partial charge in [-0.05, 0) is 25.7 Å². The van der Waals surface area contributed by atoms with Gasteiger partial charge < -0.3 is 49.8 Å². The number of aliphatic hydroxyl groups excluding tert-OH is 3. The maximum atomic E-state index is 12.3. The van der Waals surface area contributed by atoms with Crippen LogP contribution >= 0.6 is 7.82 Å². The average Bonchev–Trinajstić information content (AvgIpc) is 3.18. The lowest BCUT2D eigenvalue weighted by Gasteiger charge is -2.42. The third-order valence-corrected chi connectivity index (χ3v) is 7.94. The van der Waals surface area contributed by atoms with Gasteiger partial charge in [-0.3, -0.25) is 18.6 Å². The summed E-state index contributed by atoms with van der Waals surface area (Å²) in [5.41, 5.74) is 0. The molecule has 10 atom stereocenters. The highest BCUT2D eigenvalue weighted by atomic mass is 31.2. The number of carbonyl (C=O) groups excluding carboxylic acids is 2. The molecule has 0 aliphatic carbocycles. The molecule has 0 radical (unpaired) electrons. The molecule has 0 aromatic rings. The maximum Gasteiger partial charge on any atom is 0.472 e. The van der Waals surface area contributed by atoms with E-state index in [1.807, 2.05) is 7.85 Å². The van der Waals surface area contributed by atoms with Crippen LogP contribution < -0.4 is 10.6 Å². The van der Waals surface area contributed by atoms with Crippen LogP contribution in [-0.2, 0) is 42.1 Å². The Labute approximate surface area is 235 Å². The maximum absolute atomic E-state index is 12.3. The summed E-state index contributed by atoms with van der Waals surface area (Å²) in [5, 5.41) is 35.1. The second-order valence-electron chi connectivity index (χ2n) is 9.97. The number of nitrogens with one attached hydrogen (secondary N) is 2. The molecular weight excluding hydrogens is 554 g/mol. The van der Waals surface area contributed by atoms with Crippen LogP contribution in [0.3, 0.4) is 0 Å². The van der Waals surface area contributed by atoms with Crippen molar-refractivity contribution >= 4 is 27.5 Å². The van der Waals surface area contributed by atoms with Crippen molar-refractivity contribution in [2.45, 2.75) is 87.9 Å². The molecule has 0 bridgehead atoms. The molecule has 6 N–H and O–H groups in total.